The minimum Gasteiger partial charge on any atom is -0.103 e. The van der Waals surface area contributed by atoms with Gasteiger partial charge in [-0.2, -0.15) is 0 Å². The van der Waals surface area contributed by atoms with Gasteiger partial charge in [-0.25, -0.2) is 0 Å². The molecule has 0 radical (unpaired) electrons. The van der Waals surface area contributed by atoms with Gasteiger partial charge in [-0.1, -0.05) is 116 Å². The summed E-state index contributed by atoms with van der Waals surface area (Å²) in [7, 11) is 0. The molecule has 140 valence electrons. The molecule has 0 aliphatic heterocycles. The molecule has 1 rings (SSSR count). The van der Waals surface area contributed by atoms with Crippen molar-refractivity contribution >= 4 is 0 Å². The Morgan fingerprint density at radius 3 is 0.583 bits per heavy atom. The fourth-order valence-electron chi connectivity index (χ4n) is 3.79. The highest BCUT2D eigenvalue weighted by Gasteiger charge is 1.95. The largest absolute Gasteiger partial charge is 0.103 e. The Morgan fingerprint density at radius 2 is 0.375 bits per heavy atom. The molecule has 0 nitrogen and oxygen atoms in total. The van der Waals surface area contributed by atoms with E-state index in [4.69, 9.17) is 0 Å². The van der Waals surface area contributed by atoms with Crippen LogP contribution < -0.4 is 0 Å². The summed E-state index contributed by atoms with van der Waals surface area (Å²) in [5.41, 5.74) is 0. The van der Waals surface area contributed by atoms with Crippen LogP contribution in [0.25, 0.3) is 0 Å². The molecule has 0 saturated heterocycles. The van der Waals surface area contributed by atoms with Gasteiger partial charge in [-0.3, -0.25) is 0 Å². The van der Waals surface area contributed by atoms with Crippen molar-refractivity contribution < 1.29 is 0 Å². The van der Waals surface area contributed by atoms with Gasteiger partial charge in [0.2, 0.25) is 0 Å². The van der Waals surface area contributed by atoms with Gasteiger partial charge < -0.3 is 0 Å². The van der Waals surface area contributed by atoms with Gasteiger partial charge in [-0.05, 0) is 12.8 Å². The van der Waals surface area contributed by atoms with E-state index in [2.05, 4.69) is 11.8 Å². The smallest absolute Gasteiger partial charge is 0.00886 e. The fraction of sp³-hybridized carbons (Fsp3) is 0.917. The quantitative estimate of drug-likeness (QED) is 0.389. The van der Waals surface area contributed by atoms with Gasteiger partial charge in [0.05, 0.1) is 0 Å². The van der Waals surface area contributed by atoms with E-state index in [-0.39, 0.29) is 0 Å². The van der Waals surface area contributed by atoms with Crippen LogP contribution in [-0.4, -0.2) is 0 Å². The lowest BCUT2D eigenvalue weighted by molar-refractivity contribution is 0.521. The molecule has 0 fully saturated rings. The maximum Gasteiger partial charge on any atom is 0.00886 e. The van der Waals surface area contributed by atoms with E-state index >= 15 is 0 Å². The highest BCUT2D eigenvalue weighted by atomic mass is 14.0. The van der Waals surface area contributed by atoms with Gasteiger partial charge in [0.25, 0.3) is 0 Å². The van der Waals surface area contributed by atoms with Crippen LogP contribution in [0.1, 0.15) is 141 Å². The molecule has 0 bridgehead atoms. The Labute approximate surface area is 153 Å². The Morgan fingerprint density at radius 1 is 0.208 bits per heavy atom. The monoisotopic (exact) mass is 332 g/mol. The molecule has 0 unspecified atom stereocenters. The maximum absolute atomic E-state index is 3.39. The second kappa shape index (κ2) is 18.9. The van der Waals surface area contributed by atoms with Crippen LogP contribution in [-0.2, 0) is 0 Å². The Balaban J connectivity index is 2.06. The first kappa shape index (κ1) is 21.6. The lowest BCUT2D eigenvalue weighted by Crippen LogP contribution is -1.84. The van der Waals surface area contributed by atoms with Crippen molar-refractivity contribution in [2.45, 2.75) is 141 Å². The zero-order chi connectivity index (χ0) is 17.0. The molecule has 0 aromatic carbocycles. The van der Waals surface area contributed by atoms with E-state index in [1.807, 2.05) is 0 Å². The molecule has 1 aliphatic rings. The summed E-state index contributed by atoms with van der Waals surface area (Å²) in [6, 6.07) is 0. The standard InChI is InChI=1S/C24H44/c1-2-4-6-8-10-12-14-16-18-20-22-24-23-21-19-17-15-13-11-9-7-5-3-1/h1-22H2. The first-order valence-electron chi connectivity index (χ1n) is 11.5. The first-order chi connectivity index (χ1) is 12.0. The third-order valence-corrected chi connectivity index (χ3v) is 5.48. The van der Waals surface area contributed by atoms with Crippen LogP contribution in [0, 0.1) is 11.8 Å². The van der Waals surface area contributed by atoms with Gasteiger partial charge >= 0.3 is 0 Å². The van der Waals surface area contributed by atoms with Crippen LogP contribution in [0.5, 0.6) is 0 Å². The Hall–Kier alpha value is -0.440. The topological polar surface area (TPSA) is 0 Å². The van der Waals surface area contributed by atoms with Gasteiger partial charge in [0, 0.05) is 12.8 Å². The van der Waals surface area contributed by atoms with Gasteiger partial charge in [0.15, 0.2) is 0 Å². The number of rotatable bonds is 0. The number of hydrogen-bond donors (Lipinski definition) is 0. The van der Waals surface area contributed by atoms with Crippen molar-refractivity contribution in [1.82, 2.24) is 0 Å². The highest BCUT2D eigenvalue weighted by molar-refractivity contribution is 4.98. The lowest BCUT2D eigenvalue weighted by atomic mass is 10.0. The second-order valence-electron chi connectivity index (χ2n) is 7.92. The van der Waals surface area contributed by atoms with Gasteiger partial charge in [-0.15, -0.1) is 11.8 Å². The Kier molecular flexibility index (Phi) is 17.0. The molecule has 0 atom stereocenters. The fourth-order valence-corrected chi connectivity index (χ4v) is 3.79. The third-order valence-electron chi connectivity index (χ3n) is 5.48. The van der Waals surface area contributed by atoms with E-state index in [9.17, 15) is 0 Å². The molecule has 0 amide bonds. The van der Waals surface area contributed by atoms with Crippen molar-refractivity contribution in [1.29, 1.82) is 0 Å². The predicted octanol–water partition coefficient (Wildman–Crippen LogP) is 8.59. The van der Waals surface area contributed by atoms with Crippen LogP contribution >= 0.6 is 0 Å². The number of hydrogen-bond acceptors (Lipinski definition) is 0. The summed E-state index contributed by atoms with van der Waals surface area (Å²) in [5, 5.41) is 0. The molecular weight excluding hydrogens is 288 g/mol. The zero-order valence-electron chi connectivity index (χ0n) is 16.6. The third kappa shape index (κ3) is 16.4. The predicted molar refractivity (Wildman–Crippen MR) is 109 cm³/mol. The summed E-state index contributed by atoms with van der Waals surface area (Å²) in [6.07, 6.45) is 31.2. The first-order valence-corrected chi connectivity index (χ1v) is 11.5. The molecule has 0 heterocycles. The summed E-state index contributed by atoms with van der Waals surface area (Å²) in [4.78, 5) is 0. The van der Waals surface area contributed by atoms with Crippen LogP contribution in [0.2, 0.25) is 0 Å². The van der Waals surface area contributed by atoms with Crippen molar-refractivity contribution in [2.75, 3.05) is 0 Å². The van der Waals surface area contributed by atoms with E-state index in [0.717, 1.165) is 12.8 Å². The molecule has 1 aliphatic carbocycles. The van der Waals surface area contributed by atoms with Crippen LogP contribution in [0.3, 0.4) is 0 Å². The van der Waals surface area contributed by atoms with E-state index in [1.165, 1.54) is 128 Å². The molecule has 0 heteroatoms. The van der Waals surface area contributed by atoms with E-state index in [0.29, 0.717) is 0 Å². The average molecular weight is 333 g/mol. The summed E-state index contributed by atoms with van der Waals surface area (Å²) in [6.45, 7) is 0. The maximum atomic E-state index is 3.39. The van der Waals surface area contributed by atoms with Crippen molar-refractivity contribution in [2.24, 2.45) is 0 Å². The average Bonchev–Trinajstić information content (AvgIpc) is 2.59. The molecule has 0 saturated carbocycles. The van der Waals surface area contributed by atoms with Gasteiger partial charge in [0.1, 0.15) is 0 Å². The summed E-state index contributed by atoms with van der Waals surface area (Å²) in [5.74, 6) is 6.77. The van der Waals surface area contributed by atoms with Crippen molar-refractivity contribution in [3.05, 3.63) is 0 Å². The highest BCUT2D eigenvalue weighted by Crippen LogP contribution is 2.15. The molecule has 0 N–H and O–H groups in total. The van der Waals surface area contributed by atoms with Crippen LogP contribution in [0.4, 0.5) is 0 Å². The van der Waals surface area contributed by atoms with Crippen molar-refractivity contribution in [3.63, 3.8) is 0 Å². The normalized spacial score (nSPS) is 22.7. The molecule has 0 spiro atoms. The van der Waals surface area contributed by atoms with E-state index < -0.39 is 0 Å². The lowest BCUT2D eigenvalue weighted by Gasteiger charge is -2.04. The minimum atomic E-state index is 1.14. The second-order valence-corrected chi connectivity index (χ2v) is 7.92. The summed E-state index contributed by atoms with van der Waals surface area (Å²) >= 11 is 0. The molecule has 24 heavy (non-hydrogen) atoms. The SMILES string of the molecule is C1#CCCCCCCCCCCCCCCCCCCCCCC1. The van der Waals surface area contributed by atoms with Crippen molar-refractivity contribution in [3.8, 4) is 11.8 Å². The van der Waals surface area contributed by atoms with E-state index in [1.54, 1.807) is 0 Å². The molecule has 0 aromatic heterocycles. The van der Waals surface area contributed by atoms with Crippen LogP contribution in [0.15, 0.2) is 0 Å². The molecule has 0 aromatic rings. The molecular formula is C24H44. The zero-order valence-corrected chi connectivity index (χ0v) is 16.6. The minimum absolute atomic E-state index is 1.14. The Bertz CT molecular complexity index is 265. The summed E-state index contributed by atoms with van der Waals surface area (Å²) < 4.78 is 0.